The lowest BCUT2D eigenvalue weighted by Gasteiger charge is -2.18. The van der Waals surface area contributed by atoms with Gasteiger partial charge in [-0.25, -0.2) is 8.42 Å². The van der Waals surface area contributed by atoms with Crippen LogP contribution in [0.15, 0.2) is 62.9 Å². The lowest BCUT2D eigenvalue weighted by molar-refractivity contribution is 0.0978. The summed E-state index contributed by atoms with van der Waals surface area (Å²) in [5.41, 5.74) is 1.48. The molecule has 1 N–H and O–H groups in total. The number of benzene rings is 2. The van der Waals surface area contributed by atoms with Gasteiger partial charge in [0.25, 0.3) is 5.91 Å². The zero-order valence-corrected chi connectivity index (χ0v) is 19.4. The van der Waals surface area contributed by atoms with E-state index >= 15 is 0 Å². The van der Waals surface area contributed by atoms with Gasteiger partial charge in [-0.2, -0.15) is 4.31 Å². The van der Waals surface area contributed by atoms with E-state index in [1.54, 1.807) is 13.8 Å². The second-order valence-corrected chi connectivity index (χ2v) is 10.2. The van der Waals surface area contributed by atoms with Gasteiger partial charge < -0.3 is 5.32 Å². The summed E-state index contributed by atoms with van der Waals surface area (Å²) in [7, 11) is -3.54. The summed E-state index contributed by atoms with van der Waals surface area (Å²) in [6.07, 6.45) is 0. The van der Waals surface area contributed by atoms with Gasteiger partial charge in [-0.05, 0) is 42.0 Å². The zero-order chi connectivity index (χ0) is 21.0. The molecule has 154 valence electrons. The number of halogens is 1. The molecular weight excluding hydrogens is 474 g/mol. The Bertz CT molecular complexity index is 1000. The molecule has 0 aromatic heterocycles. The maximum absolute atomic E-state index is 12.5. The van der Waals surface area contributed by atoms with Crippen molar-refractivity contribution in [2.45, 2.75) is 24.8 Å². The van der Waals surface area contributed by atoms with Crippen LogP contribution in [0.25, 0.3) is 0 Å². The third-order valence-electron chi connectivity index (χ3n) is 4.59. The number of amides is 1. The highest BCUT2D eigenvalue weighted by molar-refractivity contribution is 9.10. The quantitative estimate of drug-likeness (QED) is 0.655. The third-order valence-corrected chi connectivity index (χ3v) is 8.14. The van der Waals surface area contributed by atoms with Gasteiger partial charge in [0, 0.05) is 28.9 Å². The molecule has 9 heteroatoms. The highest BCUT2D eigenvalue weighted by Crippen LogP contribution is 2.30. The standard InChI is InChI=1S/C20H22BrN3O3S2/c1-3-24(4-2)29(26,27)17-11-7-15(8-12-17)19(25)23-20-22-18(13-28-20)14-5-9-16(21)10-6-14/h5-12,18H,3-4,13H2,1-2H3,(H,22,23,25). The van der Waals surface area contributed by atoms with Crippen LogP contribution in [-0.2, 0) is 10.0 Å². The van der Waals surface area contributed by atoms with Crippen molar-refractivity contribution in [3.63, 3.8) is 0 Å². The molecule has 1 amide bonds. The summed E-state index contributed by atoms with van der Waals surface area (Å²) in [6.45, 7) is 4.39. The molecule has 29 heavy (non-hydrogen) atoms. The van der Waals surface area contributed by atoms with Gasteiger partial charge in [0.2, 0.25) is 10.0 Å². The predicted molar refractivity (Wildman–Crippen MR) is 121 cm³/mol. The molecule has 1 aliphatic rings. The van der Waals surface area contributed by atoms with Gasteiger partial charge in [-0.3, -0.25) is 9.79 Å². The minimum Gasteiger partial charge on any atom is -0.301 e. The first-order valence-corrected chi connectivity index (χ1v) is 12.4. The SMILES string of the molecule is CCN(CC)S(=O)(=O)c1ccc(C(=O)NC2=NC(c3ccc(Br)cc3)CS2)cc1. The Kier molecular flexibility index (Phi) is 7.15. The van der Waals surface area contributed by atoms with Gasteiger partial charge in [0.15, 0.2) is 5.17 Å². The first-order valence-electron chi connectivity index (χ1n) is 9.22. The Labute approximate surface area is 184 Å². The Morgan fingerprint density at radius 1 is 1.14 bits per heavy atom. The topological polar surface area (TPSA) is 78.8 Å². The number of nitrogens with one attached hydrogen (secondary N) is 1. The molecule has 0 aliphatic carbocycles. The van der Waals surface area contributed by atoms with Crippen LogP contribution in [0.2, 0.25) is 0 Å². The highest BCUT2D eigenvalue weighted by atomic mass is 79.9. The van der Waals surface area contributed by atoms with Crippen LogP contribution in [0.4, 0.5) is 0 Å². The highest BCUT2D eigenvalue weighted by Gasteiger charge is 2.23. The zero-order valence-electron chi connectivity index (χ0n) is 16.1. The fraction of sp³-hybridized carbons (Fsp3) is 0.300. The van der Waals surface area contributed by atoms with Crippen molar-refractivity contribution in [1.29, 1.82) is 0 Å². The van der Waals surface area contributed by atoms with E-state index in [2.05, 4.69) is 26.2 Å². The van der Waals surface area contributed by atoms with Crippen molar-refractivity contribution in [2.75, 3.05) is 18.8 Å². The maximum atomic E-state index is 12.5. The van der Waals surface area contributed by atoms with E-state index in [1.807, 2.05) is 24.3 Å². The molecule has 0 bridgehead atoms. The van der Waals surface area contributed by atoms with Crippen LogP contribution in [0.1, 0.15) is 35.8 Å². The van der Waals surface area contributed by atoms with Crippen molar-refractivity contribution in [3.8, 4) is 0 Å². The van der Waals surface area contributed by atoms with Gasteiger partial charge in [0.1, 0.15) is 0 Å². The Hall–Kier alpha value is -1.68. The Balaban J connectivity index is 1.68. The van der Waals surface area contributed by atoms with Crippen molar-refractivity contribution < 1.29 is 13.2 Å². The molecule has 2 aromatic rings. The van der Waals surface area contributed by atoms with E-state index in [-0.39, 0.29) is 16.8 Å². The summed E-state index contributed by atoms with van der Waals surface area (Å²) in [6, 6.07) is 14.0. The number of aliphatic imine (C=N–C) groups is 1. The van der Waals surface area contributed by atoms with E-state index < -0.39 is 10.0 Å². The normalized spacial score (nSPS) is 16.7. The fourth-order valence-corrected chi connectivity index (χ4v) is 5.63. The number of hydrogen-bond donors (Lipinski definition) is 1. The van der Waals surface area contributed by atoms with Gasteiger partial charge in [0.05, 0.1) is 10.9 Å². The largest absolute Gasteiger partial charge is 0.301 e. The van der Waals surface area contributed by atoms with Gasteiger partial charge >= 0.3 is 0 Å². The average Bonchev–Trinajstić information content (AvgIpc) is 3.17. The van der Waals surface area contributed by atoms with Crippen molar-refractivity contribution in [1.82, 2.24) is 9.62 Å². The Morgan fingerprint density at radius 2 is 1.76 bits per heavy atom. The number of carbonyl (C=O) groups is 1. The molecular formula is C20H22BrN3O3S2. The summed E-state index contributed by atoms with van der Waals surface area (Å²) >= 11 is 4.91. The van der Waals surface area contributed by atoms with E-state index in [0.29, 0.717) is 23.8 Å². The molecule has 3 rings (SSSR count). The van der Waals surface area contributed by atoms with Crippen LogP contribution in [0.5, 0.6) is 0 Å². The monoisotopic (exact) mass is 495 g/mol. The van der Waals surface area contributed by atoms with Crippen molar-refractivity contribution in [2.24, 2.45) is 4.99 Å². The molecule has 1 heterocycles. The molecule has 0 radical (unpaired) electrons. The predicted octanol–water partition coefficient (Wildman–Crippen LogP) is 4.05. The molecule has 6 nitrogen and oxygen atoms in total. The van der Waals surface area contributed by atoms with E-state index in [4.69, 9.17) is 0 Å². The van der Waals surface area contributed by atoms with E-state index in [1.165, 1.54) is 40.3 Å². The maximum Gasteiger partial charge on any atom is 0.257 e. The second kappa shape index (κ2) is 9.42. The van der Waals surface area contributed by atoms with Gasteiger partial charge in [-0.1, -0.05) is 53.7 Å². The summed E-state index contributed by atoms with van der Waals surface area (Å²) in [5, 5.41) is 3.39. The first-order chi connectivity index (χ1) is 13.8. The minimum absolute atomic E-state index is 0.00462. The molecule has 1 atom stereocenters. The van der Waals surface area contributed by atoms with Crippen LogP contribution in [0, 0.1) is 0 Å². The number of sulfonamides is 1. The number of amidine groups is 1. The first kappa shape index (κ1) is 22.0. The van der Waals surface area contributed by atoms with E-state index in [9.17, 15) is 13.2 Å². The number of rotatable bonds is 6. The second-order valence-electron chi connectivity index (χ2n) is 6.38. The lowest BCUT2D eigenvalue weighted by atomic mass is 10.1. The smallest absolute Gasteiger partial charge is 0.257 e. The molecule has 1 aliphatic heterocycles. The van der Waals surface area contributed by atoms with Crippen LogP contribution >= 0.6 is 27.7 Å². The third kappa shape index (κ3) is 5.09. The van der Waals surface area contributed by atoms with E-state index in [0.717, 1.165) is 15.8 Å². The van der Waals surface area contributed by atoms with Crippen LogP contribution in [0.3, 0.4) is 0 Å². The van der Waals surface area contributed by atoms with Gasteiger partial charge in [-0.15, -0.1) is 0 Å². The molecule has 0 saturated carbocycles. The molecule has 2 aromatic carbocycles. The van der Waals surface area contributed by atoms with Crippen LogP contribution < -0.4 is 5.32 Å². The van der Waals surface area contributed by atoms with Crippen molar-refractivity contribution in [3.05, 3.63) is 64.1 Å². The average molecular weight is 496 g/mol. The summed E-state index contributed by atoms with van der Waals surface area (Å²) in [4.78, 5) is 17.3. The number of nitrogens with zero attached hydrogens (tertiary/aromatic N) is 2. The summed E-state index contributed by atoms with van der Waals surface area (Å²) in [5.74, 6) is 0.456. The number of thioether (sulfide) groups is 1. The fourth-order valence-electron chi connectivity index (χ4n) is 2.96. The number of carbonyl (C=O) groups excluding carboxylic acids is 1. The number of hydrogen-bond acceptors (Lipinski definition) is 5. The molecule has 0 saturated heterocycles. The molecule has 0 spiro atoms. The Morgan fingerprint density at radius 3 is 2.34 bits per heavy atom. The van der Waals surface area contributed by atoms with Crippen LogP contribution in [-0.4, -0.2) is 42.6 Å². The molecule has 1 unspecified atom stereocenters. The summed E-state index contributed by atoms with van der Waals surface area (Å²) < 4.78 is 27.5. The minimum atomic E-state index is -3.54. The lowest BCUT2D eigenvalue weighted by Crippen LogP contribution is -2.31. The molecule has 0 fully saturated rings. The van der Waals surface area contributed by atoms with Crippen molar-refractivity contribution >= 4 is 48.8 Å².